The standard InChI is InChI=1S/C23H27N5O2S/c1-23(2,3)24-19(29)15-28(18-13-9-6-10-14-18)20(30)16-31-22-26-25-21(27(22)4)17-11-7-5-8-12-17/h5-14H,15-16H2,1-4H3,(H,24,29). The number of hydrogen-bond donors (Lipinski definition) is 1. The monoisotopic (exact) mass is 437 g/mol. The van der Waals surface area contributed by atoms with Crippen LogP contribution < -0.4 is 10.2 Å². The third kappa shape index (κ3) is 6.18. The van der Waals surface area contributed by atoms with Crippen LogP contribution in [0.3, 0.4) is 0 Å². The lowest BCUT2D eigenvalue weighted by Gasteiger charge is -2.26. The maximum Gasteiger partial charge on any atom is 0.240 e. The Labute approximate surface area is 186 Å². The Kier molecular flexibility index (Phi) is 7.12. The minimum atomic E-state index is -0.371. The van der Waals surface area contributed by atoms with E-state index in [0.29, 0.717) is 10.8 Å². The predicted octanol–water partition coefficient (Wildman–Crippen LogP) is 3.52. The third-order valence-corrected chi connectivity index (χ3v) is 5.38. The first-order valence-electron chi connectivity index (χ1n) is 9.98. The number of amides is 2. The number of carbonyl (C=O) groups is 2. The van der Waals surface area contributed by atoms with Gasteiger partial charge in [0.2, 0.25) is 11.8 Å². The summed E-state index contributed by atoms with van der Waals surface area (Å²) in [5, 5.41) is 12.0. The highest BCUT2D eigenvalue weighted by Crippen LogP contribution is 2.23. The van der Waals surface area contributed by atoms with Crippen molar-refractivity contribution >= 4 is 29.3 Å². The fourth-order valence-electron chi connectivity index (χ4n) is 3.02. The summed E-state index contributed by atoms with van der Waals surface area (Å²) in [7, 11) is 1.88. The topological polar surface area (TPSA) is 80.1 Å². The second-order valence-electron chi connectivity index (χ2n) is 8.13. The zero-order valence-electron chi connectivity index (χ0n) is 18.2. The Morgan fingerprint density at radius 1 is 1.00 bits per heavy atom. The summed E-state index contributed by atoms with van der Waals surface area (Å²) in [5.74, 6) is 0.489. The molecule has 2 aromatic carbocycles. The van der Waals surface area contributed by atoms with Crippen LogP contribution in [0.4, 0.5) is 5.69 Å². The van der Waals surface area contributed by atoms with Gasteiger partial charge in [-0.1, -0.05) is 60.3 Å². The maximum absolute atomic E-state index is 13.1. The minimum absolute atomic E-state index is 0.0469. The van der Waals surface area contributed by atoms with Gasteiger partial charge in [0.1, 0.15) is 6.54 Å². The van der Waals surface area contributed by atoms with E-state index in [2.05, 4.69) is 15.5 Å². The van der Waals surface area contributed by atoms with E-state index in [1.165, 1.54) is 16.7 Å². The Bertz CT molecular complexity index is 1030. The van der Waals surface area contributed by atoms with Crippen LogP contribution in [-0.4, -0.2) is 44.4 Å². The zero-order chi connectivity index (χ0) is 22.4. The summed E-state index contributed by atoms with van der Waals surface area (Å²) in [6.07, 6.45) is 0. The molecule has 2 amide bonds. The van der Waals surface area contributed by atoms with Crippen LogP contribution in [-0.2, 0) is 16.6 Å². The van der Waals surface area contributed by atoms with Gasteiger partial charge in [-0.3, -0.25) is 9.59 Å². The Balaban J connectivity index is 1.72. The van der Waals surface area contributed by atoms with Gasteiger partial charge < -0.3 is 14.8 Å². The first kappa shape index (κ1) is 22.6. The summed E-state index contributed by atoms with van der Waals surface area (Å²) >= 11 is 1.30. The van der Waals surface area contributed by atoms with Crippen LogP contribution in [0, 0.1) is 0 Å². The lowest BCUT2D eigenvalue weighted by atomic mass is 10.1. The molecule has 0 spiro atoms. The second kappa shape index (κ2) is 9.78. The molecule has 0 atom stereocenters. The van der Waals surface area contributed by atoms with Crippen molar-refractivity contribution in [2.24, 2.45) is 7.05 Å². The van der Waals surface area contributed by atoms with Gasteiger partial charge >= 0.3 is 0 Å². The Hall–Kier alpha value is -3.13. The van der Waals surface area contributed by atoms with E-state index >= 15 is 0 Å². The third-order valence-electron chi connectivity index (χ3n) is 4.38. The molecular weight excluding hydrogens is 410 g/mol. The highest BCUT2D eigenvalue weighted by Gasteiger charge is 2.23. The number of rotatable bonds is 7. The summed E-state index contributed by atoms with van der Waals surface area (Å²) in [5.41, 5.74) is 1.27. The second-order valence-corrected chi connectivity index (χ2v) is 9.08. The van der Waals surface area contributed by atoms with Crippen molar-refractivity contribution in [1.29, 1.82) is 0 Å². The molecule has 0 unspecified atom stereocenters. The predicted molar refractivity (Wildman–Crippen MR) is 124 cm³/mol. The smallest absolute Gasteiger partial charge is 0.240 e. The summed E-state index contributed by atoms with van der Waals surface area (Å²) in [4.78, 5) is 27.1. The number of thioether (sulfide) groups is 1. The van der Waals surface area contributed by atoms with Crippen molar-refractivity contribution in [1.82, 2.24) is 20.1 Å². The van der Waals surface area contributed by atoms with Crippen molar-refractivity contribution in [2.45, 2.75) is 31.5 Å². The van der Waals surface area contributed by atoms with Crippen LogP contribution in [0.5, 0.6) is 0 Å². The number of nitrogens with one attached hydrogen (secondary N) is 1. The van der Waals surface area contributed by atoms with Gasteiger partial charge in [-0.15, -0.1) is 10.2 Å². The van der Waals surface area contributed by atoms with Crippen LogP contribution >= 0.6 is 11.8 Å². The summed E-state index contributed by atoms with van der Waals surface area (Å²) in [6.45, 7) is 5.68. The molecule has 0 aliphatic heterocycles. The molecule has 1 heterocycles. The number of benzene rings is 2. The zero-order valence-corrected chi connectivity index (χ0v) is 19.0. The molecule has 0 saturated carbocycles. The van der Waals surface area contributed by atoms with Gasteiger partial charge in [-0.2, -0.15) is 0 Å². The molecule has 1 N–H and O–H groups in total. The molecule has 3 aromatic rings. The molecule has 0 aliphatic carbocycles. The average molecular weight is 438 g/mol. The van der Waals surface area contributed by atoms with Crippen molar-refractivity contribution in [3.05, 3.63) is 60.7 Å². The lowest BCUT2D eigenvalue weighted by Crippen LogP contribution is -2.47. The molecule has 0 saturated heterocycles. The van der Waals surface area contributed by atoms with Crippen LogP contribution in [0.15, 0.2) is 65.8 Å². The van der Waals surface area contributed by atoms with Crippen molar-refractivity contribution in [3.63, 3.8) is 0 Å². The highest BCUT2D eigenvalue weighted by atomic mass is 32.2. The minimum Gasteiger partial charge on any atom is -0.350 e. The van der Waals surface area contributed by atoms with E-state index in [9.17, 15) is 9.59 Å². The maximum atomic E-state index is 13.1. The van der Waals surface area contributed by atoms with E-state index < -0.39 is 0 Å². The molecule has 3 rings (SSSR count). The van der Waals surface area contributed by atoms with E-state index in [1.807, 2.05) is 93.0 Å². The largest absolute Gasteiger partial charge is 0.350 e. The number of hydrogen-bond acceptors (Lipinski definition) is 5. The van der Waals surface area contributed by atoms with Gasteiger partial charge in [-0.25, -0.2) is 0 Å². The molecule has 0 bridgehead atoms. The molecule has 7 nitrogen and oxygen atoms in total. The quantitative estimate of drug-likeness (QED) is 0.572. The molecule has 0 aliphatic rings. The number of carbonyl (C=O) groups excluding carboxylic acids is 2. The first-order chi connectivity index (χ1) is 14.7. The fourth-order valence-corrected chi connectivity index (χ4v) is 3.80. The van der Waals surface area contributed by atoms with Gasteiger partial charge in [0.25, 0.3) is 0 Å². The average Bonchev–Trinajstić information content (AvgIpc) is 3.10. The molecular formula is C23H27N5O2S. The van der Waals surface area contributed by atoms with Gasteiger partial charge in [0.15, 0.2) is 11.0 Å². The van der Waals surface area contributed by atoms with E-state index in [1.54, 1.807) is 0 Å². The Morgan fingerprint density at radius 2 is 1.61 bits per heavy atom. The normalized spacial score (nSPS) is 11.2. The molecule has 162 valence electrons. The van der Waals surface area contributed by atoms with Crippen molar-refractivity contribution < 1.29 is 9.59 Å². The van der Waals surface area contributed by atoms with Gasteiger partial charge in [0, 0.05) is 23.8 Å². The molecule has 31 heavy (non-hydrogen) atoms. The van der Waals surface area contributed by atoms with Gasteiger partial charge in [-0.05, 0) is 32.9 Å². The molecule has 0 fully saturated rings. The van der Waals surface area contributed by atoms with Crippen LogP contribution in [0.2, 0.25) is 0 Å². The van der Waals surface area contributed by atoms with E-state index in [0.717, 1.165) is 11.4 Å². The van der Waals surface area contributed by atoms with Crippen molar-refractivity contribution in [2.75, 3.05) is 17.2 Å². The molecule has 1 aromatic heterocycles. The molecule has 8 heteroatoms. The number of anilines is 1. The van der Waals surface area contributed by atoms with E-state index in [-0.39, 0.29) is 29.7 Å². The highest BCUT2D eigenvalue weighted by molar-refractivity contribution is 7.99. The van der Waals surface area contributed by atoms with Gasteiger partial charge in [0.05, 0.1) is 5.75 Å². The first-order valence-corrected chi connectivity index (χ1v) is 11.0. The van der Waals surface area contributed by atoms with Crippen LogP contribution in [0.1, 0.15) is 20.8 Å². The number of aromatic nitrogens is 3. The lowest BCUT2D eigenvalue weighted by molar-refractivity contribution is -0.123. The Morgan fingerprint density at radius 3 is 2.23 bits per heavy atom. The van der Waals surface area contributed by atoms with Crippen molar-refractivity contribution in [3.8, 4) is 11.4 Å². The number of nitrogens with zero attached hydrogens (tertiary/aromatic N) is 4. The summed E-state index contributed by atoms with van der Waals surface area (Å²) < 4.78 is 1.87. The molecule has 0 radical (unpaired) electrons. The fraction of sp³-hybridized carbons (Fsp3) is 0.304. The SMILES string of the molecule is Cn1c(SCC(=O)N(CC(=O)NC(C)(C)C)c2ccccc2)nnc1-c1ccccc1. The number of para-hydroxylation sites is 1. The van der Waals surface area contributed by atoms with E-state index in [4.69, 9.17) is 0 Å². The summed E-state index contributed by atoms with van der Waals surface area (Å²) in [6, 6.07) is 19.0. The van der Waals surface area contributed by atoms with Crippen LogP contribution in [0.25, 0.3) is 11.4 Å².